The maximum atomic E-state index is 5.79. The lowest BCUT2D eigenvalue weighted by molar-refractivity contribution is 0.0895. The van der Waals surface area contributed by atoms with E-state index in [2.05, 4.69) is 20.8 Å². The molecule has 0 spiro atoms. The van der Waals surface area contributed by atoms with Crippen LogP contribution in [0.2, 0.25) is 0 Å². The first-order valence-corrected chi connectivity index (χ1v) is 7.32. The molecule has 2 N–H and O–H groups in total. The fourth-order valence-electron chi connectivity index (χ4n) is 2.72. The van der Waals surface area contributed by atoms with Gasteiger partial charge in [0.1, 0.15) is 0 Å². The van der Waals surface area contributed by atoms with Gasteiger partial charge in [0.15, 0.2) is 0 Å². The van der Waals surface area contributed by atoms with Crippen molar-refractivity contribution in [2.24, 2.45) is 5.92 Å². The molecule has 1 aromatic rings. The molecule has 3 aliphatic rings. The van der Waals surface area contributed by atoms with E-state index < -0.39 is 0 Å². The van der Waals surface area contributed by atoms with Crippen molar-refractivity contribution in [2.75, 3.05) is 11.9 Å². The maximum Gasteiger partial charge on any atom is 0.315 e. The molecular weight excluding hydrogens is 244 g/mol. The molecule has 2 saturated carbocycles. The SMILES string of the molecule is C1CC(Nc2nnc(CNC3CC3)o2)C(C2CC2)O1. The molecule has 2 heterocycles. The molecule has 6 nitrogen and oxygen atoms in total. The minimum Gasteiger partial charge on any atom is -0.407 e. The summed E-state index contributed by atoms with van der Waals surface area (Å²) in [4.78, 5) is 0. The van der Waals surface area contributed by atoms with E-state index in [-0.39, 0.29) is 0 Å². The van der Waals surface area contributed by atoms with Crippen LogP contribution < -0.4 is 10.6 Å². The highest BCUT2D eigenvalue weighted by atomic mass is 16.5. The van der Waals surface area contributed by atoms with Crippen molar-refractivity contribution in [1.29, 1.82) is 0 Å². The van der Waals surface area contributed by atoms with E-state index >= 15 is 0 Å². The van der Waals surface area contributed by atoms with Crippen molar-refractivity contribution in [3.63, 3.8) is 0 Å². The molecule has 1 aliphatic heterocycles. The minimum atomic E-state index is 0.331. The average molecular weight is 264 g/mol. The van der Waals surface area contributed by atoms with Crippen LogP contribution in [0.1, 0.15) is 38.0 Å². The molecule has 0 amide bonds. The van der Waals surface area contributed by atoms with Crippen LogP contribution in [0.15, 0.2) is 4.42 Å². The van der Waals surface area contributed by atoms with Gasteiger partial charge in [-0.25, -0.2) is 0 Å². The molecule has 104 valence electrons. The van der Waals surface area contributed by atoms with Crippen LogP contribution in [-0.2, 0) is 11.3 Å². The van der Waals surface area contributed by atoms with Gasteiger partial charge in [0.2, 0.25) is 5.89 Å². The van der Waals surface area contributed by atoms with E-state index in [1.165, 1.54) is 25.7 Å². The zero-order valence-corrected chi connectivity index (χ0v) is 11.0. The Hall–Kier alpha value is -1.14. The Morgan fingerprint density at radius 2 is 2.00 bits per heavy atom. The lowest BCUT2D eigenvalue weighted by Crippen LogP contribution is -2.31. The summed E-state index contributed by atoms with van der Waals surface area (Å²) < 4.78 is 11.4. The number of hydrogen-bond donors (Lipinski definition) is 2. The summed E-state index contributed by atoms with van der Waals surface area (Å²) in [5, 5.41) is 14.8. The van der Waals surface area contributed by atoms with Gasteiger partial charge in [-0.1, -0.05) is 5.10 Å². The predicted octanol–water partition coefficient (Wildman–Crippen LogP) is 1.30. The van der Waals surface area contributed by atoms with E-state index in [0.717, 1.165) is 18.9 Å². The quantitative estimate of drug-likeness (QED) is 0.807. The van der Waals surface area contributed by atoms with Crippen molar-refractivity contribution >= 4 is 6.01 Å². The van der Waals surface area contributed by atoms with Crippen LogP contribution in [0.3, 0.4) is 0 Å². The molecule has 2 atom stereocenters. The molecule has 3 fully saturated rings. The first-order valence-electron chi connectivity index (χ1n) is 7.32. The van der Waals surface area contributed by atoms with Crippen molar-refractivity contribution in [1.82, 2.24) is 15.5 Å². The van der Waals surface area contributed by atoms with Gasteiger partial charge in [0, 0.05) is 12.6 Å². The number of aromatic nitrogens is 2. The van der Waals surface area contributed by atoms with Crippen LogP contribution in [0.25, 0.3) is 0 Å². The number of anilines is 1. The molecule has 0 radical (unpaired) electrons. The molecule has 0 bridgehead atoms. The van der Waals surface area contributed by atoms with E-state index in [9.17, 15) is 0 Å². The summed E-state index contributed by atoms with van der Waals surface area (Å²) in [6, 6.07) is 1.52. The Bertz CT molecular complexity index is 442. The van der Waals surface area contributed by atoms with Gasteiger partial charge < -0.3 is 19.8 Å². The molecular formula is C13H20N4O2. The van der Waals surface area contributed by atoms with Crippen LogP contribution in [0.5, 0.6) is 0 Å². The topological polar surface area (TPSA) is 72.2 Å². The number of rotatable bonds is 6. The normalized spacial score (nSPS) is 30.7. The van der Waals surface area contributed by atoms with Gasteiger partial charge in [-0.2, -0.15) is 0 Å². The minimum absolute atomic E-state index is 0.331. The van der Waals surface area contributed by atoms with Crippen LogP contribution in [0, 0.1) is 5.92 Å². The van der Waals surface area contributed by atoms with Crippen molar-refractivity contribution in [2.45, 2.75) is 56.8 Å². The third-order valence-electron chi connectivity index (χ3n) is 4.12. The fraction of sp³-hybridized carbons (Fsp3) is 0.846. The van der Waals surface area contributed by atoms with E-state index in [1.54, 1.807) is 0 Å². The zero-order valence-electron chi connectivity index (χ0n) is 11.0. The number of nitrogens with one attached hydrogen (secondary N) is 2. The lowest BCUT2D eigenvalue weighted by atomic mass is 10.1. The second kappa shape index (κ2) is 4.76. The summed E-state index contributed by atoms with van der Waals surface area (Å²) in [5.74, 6) is 1.40. The molecule has 0 aromatic carbocycles. The van der Waals surface area contributed by atoms with Gasteiger partial charge in [-0.3, -0.25) is 0 Å². The molecule has 19 heavy (non-hydrogen) atoms. The Kier molecular flexibility index (Phi) is 2.92. The van der Waals surface area contributed by atoms with Gasteiger partial charge in [-0.05, 0) is 38.0 Å². The van der Waals surface area contributed by atoms with Crippen LogP contribution in [0.4, 0.5) is 6.01 Å². The van der Waals surface area contributed by atoms with Crippen molar-refractivity contribution in [3.05, 3.63) is 5.89 Å². The highest BCUT2D eigenvalue weighted by Crippen LogP contribution is 2.39. The fourth-order valence-corrected chi connectivity index (χ4v) is 2.72. The van der Waals surface area contributed by atoms with Crippen molar-refractivity contribution in [3.8, 4) is 0 Å². The molecule has 1 saturated heterocycles. The average Bonchev–Trinajstić information content (AvgIpc) is 3.34. The first kappa shape index (κ1) is 11.7. The maximum absolute atomic E-state index is 5.79. The largest absolute Gasteiger partial charge is 0.407 e. The Morgan fingerprint density at radius 3 is 2.79 bits per heavy atom. The standard InChI is InChI=1S/C13H20N4O2/c1-2-8(1)12-10(5-6-18-12)15-13-17-16-11(19-13)7-14-9-3-4-9/h8-10,12,14H,1-7H2,(H,15,17). The Morgan fingerprint density at radius 1 is 1.11 bits per heavy atom. The van der Waals surface area contributed by atoms with Gasteiger partial charge in [-0.15, -0.1) is 5.10 Å². The van der Waals surface area contributed by atoms with E-state index in [1.807, 2.05) is 0 Å². The number of ether oxygens (including phenoxy) is 1. The summed E-state index contributed by atoms with van der Waals surface area (Å²) in [7, 11) is 0. The highest BCUT2D eigenvalue weighted by molar-refractivity contribution is 5.22. The molecule has 1 aromatic heterocycles. The van der Waals surface area contributed by atoms with Gasteiger partial charge >= 0.3 is 6.01 Å². The smallest absolute Gasteiger partial charge is 0.315 e. The van der Waals surface area contributed by atoms with Gasteiger partial charge in [0.05, 0.1) is 18.7 Å². The van der Waals surface area contributed by atoms with E-state index in [4.69, 9.17) is 9.15 Å². The molecule has 4 rings (SSSR count). The number of nitrogens with zero attached hydrogens (tertiary/aromatic N) is 2. The summed E-state index contributed by atoms with van der Waals surface area (Å²) >= 11 is 0. The monoisotopic (exact) mass is 264 g/mol. The zero-order chi connectivity index (χ0) is 12.7. The highest BCUT2D eigenvalue weighted by Gasteiger charge is 2.41. The Balaban J connectivity index is 1.33. The third-order valence-corrected chi connectivity index (χ3v) is 4.12. The molecule has 6 heteroatoms. The van der Waals surface area contributed by atoms with Gasteiger partial charge in [0.25, 0.3) is 0 Å². The number of hydrogen-bond acceptors (Lipinski definition) is 6. The summed E-state index contributed by atoms with van der Waals surface area (Å²) in [6.07, 6.45) is 6.48. The molecule has 2 aliphatic carbocycles. The van der Waals surface area contributed by atoms with E-state index in [0.29, 0.717) is 36.6 Å². The first-order chi connectivity index (χ1) is 9.38. The van der Waals surface area contributed by atoms with Crippen molar-refractivity contribution < 1.29 is 9.15 Å². The van der Waals surface area contributed by atoms with Crippen LogP contribution in [-0.4, -0.2) is 35.0 Å². The lowest BCUT2D eigenvalue weighted by Gasteiger charge is -2.17. The summed E-state index contributed by atoms with van der Waals surface area (Å²) in [5.41, 5.74) is 0. The Labute approximate surface area is 112 Å². The molecule has 2 unspecified atom stereocenters. The summed E-state index contributed by atoms with van der Waals surface area (Å²) in [6.45, 7) is 1.51. The third kappa shape index (κ3) is 2.74. The predicted molar refractivity (Wildman–Crippen MR) is 68.7 cm³/mol. The van der Waals surface area contributed by atoms with Crippen LogP contribution >= 0.6 is 0 Å². The second-order valence-electron chi connectivity index (χ2n) is 5.87. The second-order valence-corrected chi connectivity index (χ2v) is 5.87.